The molecule has 0 bridgehead atoms. The number of phenolic OH excluding ortho intramolecular Hbond substituents is 1. The average molecular weight is 575 g/mol. The van der Waals surface area contributed by atoms with E-state index in [1.54, 1.807) is 13.0 Å². The number of halogens is 4. The molecule has 0 saturated heterocycles. The molecule has 0 amide bonds. The SMILES string of the molecule is CCOc1cc([C@H]2C3=CCn4c(=O)n(C)c(=O)n4[C@@H]3C[C@@]3(Cl)C(=O)C(Cl)=C(Cl)C(=O)[C@@]23Cl)ccc1O. The summed E-state index contributed by atoms with van der Waals surface area (Å²) in [6.45, 7) is 1.99. The van der Waals surface area contributed by atoms with Crippen molar-refractivity contribution in [3.8, 4) is 11.5 Å². The third kappa shape index (κ3) is 3.03. The van der Waals surface area contributed by atoms with Crippen LogP contribution in [0.15, 0.2) is 49.5 Å². The first-order chi connectivity index (χ1) is 16.9. The van der Waals surface area contributed by atoms with E-state index in [0.29, 0.717) is 11.1 Å². The van der Waals surface area contributed by atoms with E-state index in [0.717, 1.165) is 4.57 Å². The third-order valence-electron chi connectivity index (χ3n) is 7.11. The highest BCUT2D eigenvalue weighted by Crippen LogP contribution is 2.63. The zero-order valence-corrected chi connectivity index (χ0v) is 22.0. The highest BCUT2D eigenvalue weighted by molar-refractivity contribution is 6.66. The number of hydrogen-bond acceptors (Lipinski definition) is 6. The Labute approximate surface area is 224 Å². The molecule has 0 unspecified atom stereocenters. The lowest BCUT2D eigenvalue weighted by Gasteiger charge is -2.54. The Morgan fingerprint density at radius 2 is 1.75 bits per heavy atom. The Balaban J connectivity index is 1.84. The highest BCUT2D eigenvalue weighted by Gasteiger charge is 2.71. The Morgan fingerprint density at radius 1 is 1.08 bits per heavy atom. The van der Waals surface area contributed by atoms with E-state index in [1.807, 2.05) is 0 Å². The number of allylic oxidation sites excluding steroid dienone is 4. The van der Waals surface area contributed by atoms with Crippen LogP contribution in [0.25, 0.3) is 0 Å². The van der Waals surface area contributed by atoms with Crippen LogP contribution >= 0.6 is 46.4 Å². The normalized spacial score (nSPS) is 29.4. The van der Waals surface area contributed by atoms with Crippen LogP contribution in [0.1, 0.15) is 30.9 Å². The number of carbonyl (C=O) groups excluding carboxylic acids is 2. The molecule has 0 spiro atoms. The molecule has 9 nitrogen and oxygen atoms in total. The number of fused-ring (bicyclic) bond motifs is 4. The summed E-state index contributed by atoms with van der Waals surface area (Å²) >= 11 is 26.5. The molecule has 1 N–H and O–H groups in total. The molecule has 13 heteroatoms. The molecular weight excluding hydrogens is 556 g/mol. The molecule has 36 heavy (non-hydrogen) atoms. The summed E-state index contributed by atoms with van der Waals surface area (Å²) in [6, 6.07) is 3.48. The monoisotopic (exact) mass is 573 g/mol. The molecule has 1 aromatic heterocycles. The molecule has 1 aromatic carbocycles. The number of hydrogen-bond donors (Lipinski definition) is 1. The Hall–Kier alpha value is -2.46. The molecule has 2 heterocycles. The quantitative estimate of drug-likeness (QED) is 0.445. The van der Waals surface area contributed by atoms with E-state index in [1.165, 1.54) is 34.6 Å². The van der Waals surface area contributed by atoms with Crippen molar-refractivity contribution < 1.29 is 19.4 Å². The van der Waals surface area contributed by atoms with Crippen molar-refractivity contribution in [3.63, 3.8) is 0 Å². The van der Waals surface area contributed by atoms with Crippen LogP contribution in [0.4, 0.5) is 0 Å². The van der Waals surface area contributed by atoms with Gasteiger partial charge in [-0.1, -0.05) is 35.3 Å². The van der Waals surface area contributed by atoms with Gasteiger partial charge in [0.2, 0.25) is 0 Å². The topological polar surface area (TPSA) is 113 Å². The van der Waals surface area contributed by atoms with Gasteiger partial charge in [0.15, 0.2) is 23.1 Å². The Bertz CT molecular complexity index is 1530. The standard InChI is InChI=1S/C23H19Cl4N3O6/c1-3-36-14-8-10(4-5-13(14)31)15-11-6-7-29-20(34)28(2)21(35)30(29)12(11)9-22(26)18(32)16(24)17(25)19(33)23(15,22)27/h4-6,8,12,15,31H,3,7,9H2,1-2H3/t12-,15+,22-,23+/m1/s1. The number of carbonyl (C=O) groups is 2. The third-order valence-corrected chi connectivity index (χ3v) is 9.36. The minimum Gasteiger partial charge on any atom is -0.504 e. The summed E-state index contributed by atoms with van der Waals surface area (Å²) < 4.78 is 8.92. The van der Waals surface area contributed by atoms with E-state index >= 15 is 0 Å². The Kier molecular flexibility index (Phi) is 5.79. The first kappa shape index (κ1) is 25.2. The van der Waals surface area contributed by atoms with Crippen LogP contribution in [0.3, 0.4) is 0 Å². The van der Waals surface area contributed by atoms with Crippen molar-refractivity contribution in [2.75, 3.05) is 6.61 Å². The lowest BCUT2D eigenvalue weighted by molar-refractivity contribution is -0.128. The molecule has 4 atom stereocenters. The summed E-state index contributed by atoms with van der Waals surface area (Å²) in [4.78, 5) is 48.6. The predicted octanol–water partition coefficient (Wildman–Crippen LogP) is 2.92. The van der Waals surface area contributed by atoms with E-state index in [-0.39, 0.29) is 31.1 Å². The van der Waals surface area contributed by atoms with Crippen LogP contribution < -0.4 is 16.1 Å². The number of aromatic hydroxyl groups is 1. The van der Waals surface area contributed by atoms with Gasteiger partial charge in [-0.3, -0.25) is 9.59 Å². The van der Waals surface area contributed by atoms with Crippen LogP contribution in [-0.4, -0.2) is 47.0 Å². The summed E-state index contributed by atoms with van der Waals surface area (Å²) in [6.07, 6.45) is 1.39. The summed E-state index contributed by atoms with van der Waals surface area (Å²) in [5, 5.41) is 9.18. The predicted molar refractivity (Wildman–Crippen MR) is 134 cm³/mol. The van der Waals surface area contributed by atoms with Crippen molar-refractivity contribution in [2.45, 2.75) is 41.6 Å². The van der Waals surface area contributed by atoms with Gasteiger partial charge in [-0.05, 0) is 30.2 Å². The minimum absolute atomic E-state index is 0.0162. The van der Waals surface area contributed by atoms with E-state index in [9.17, 15) is 24.3 Å². The maximum atomic E-state index is 13.7. The second-order valence-electron chi connectivity index (χ2n) is 8.87. The molecule has 1 aliphatic heterocycles. The number of ketones is 2. The highest BCUT2D eigenvalue weighted by atomic mass is 35.5. The zero-order valence-electron chi connectivity index (χ0n) is 18.9. The molecule has 1 fully saturated rings. The van der Waals surface area contributed by atoms with Crippen molar-refractivity contribution in [3.05, 3.63) is 66.4 Å². The van der Waals surface area contributed by atoms with Gasteiger partial charge >= 0.3 is 11.4 Å². The molecule has 1 saturated carbocycles. The fraction of sp³-hybridized carbons (Fsp3) is 0.391. The second-order valence-corrected chi connectivity index (χ2v) is 10.9. The lowest BCUT2D eigenvalue weighted by atomic mass is 9.59. The molecular formula is C23H19Cl4N3O6. The summed E-state index contributed by atoms with van der Waals surface area (Å²) in [7, 11) is 1.34. The number of ether oxygens (including phenoxy) is 1. The first-order valence-electron chi connectivity index (χ1n) is 11.0. The van der Waals surface area contributed by atoms with Gasteiger partial charge < -0.3 is 9.84 Å². The number of Topliss-reactive ketones (excluding diaryl/α,β-unsaturated/α-hetero) is 2. The van der Waals surface area contributed by atoms with Crippen molar-refractivity contribution >= 4 is 58.0 Å². The van der Waals surface area contributed by atoms with Gasteiger partial charge in [-0.15, -0.1) is 23.2 Å². The van der Waals surface area contributed by atoms with Crippen molar-refractivity contribution in [1.82, 2.24) is 13.9 Å². The molecule has 190 valence electrons. The molecule has 2 aliphatic carbocycles. The van der Waals surface area contributed by atoms with Gasteiger partial charge in [0.05, 0.1) is 19.2 Å². The molecule has 2 aromatic rings. The maximum absolute atomic E-state index is 13.7. The van der Waals surface area contributed by atoms with E-state index in [2.05, 4.69) is 0 Å². The average Bonchev–Trinajstić information content (AvgIpc) is 3.08. The van der Waals surface area contributed by atoms with E-state index in [4.69, 9.17) is 51.1 Å². The number of benzene rings is 1. The fourth-order valence-electron chi connectivity index (χ4n) is 5.43. The number of phenols is 1. The molecule has 0 radical (unpaired) electrons. The minimum atomic E-state index is -2.13. The number of nitrogens with zero attached hydrogens (tertiary/aromatic N) is 3. The van der Waals surface area contributed by atoms with Crippen LogP contribution in [0, 0.1) is 0 Å². The van der Waals surface area contributed by atoms with Crippen LogP contribution in [0.5, 0.6) is 11.5 Å². The van der Waals surface area contributed by atoms with Crippen molar-refractivity contribution in [1.29, 1.82) is 0 Å². The van der Waals surface area contributed by atoms with Gasteiger partial charge in [-0.2, -0.15) is 0 Å². The summed E-state index contributed by atoms with van der Waals surface area (Å²) in [5.74, 6) is -2.82. The van der Waals surface area contributed by atoms with Crippen LogP contribution in [0.2, 0.25) is 0 Å². The van der Waals surface area contributed by atoms with Crippen molar-refractivity contribution in [2.24, 2.45) is 7.05 Å². The second kappa shape index (κ2) is 8.28. The zero-order chi connectivity index (χ0) is 26.3. The fourth-order valence-corrected chi connectivity index (χ4v) is 6.96. The van der Waals surface area contributed by atoms with Crippen LogP contribution in [-0.2, 0) is 23.2 Å². The lowest BCUT2D eigenvalue weighted by Crippen LogP contribution is -2.67. The summed E-state index contributed by atoms with van der Waals surface area (Å²) in [5.41, 5.74) is -0.290. The Morgan fingerprint density at radius 3 is 2.42 bits per heavy atom. The van der Waals surface area contributed by atoms with Gasteiger partial charge in [0.25, 0.3) is 0 Å². The van der Waals surface area contributed by atoms with Gasteiger partial charge in [0, 0.05) is 19.4 Å². The van der Waals surface area contributed by atoms with Gasteiger partial charge in [0.1, 0.15) is 19.8 Å². The largest absolute Gasteiger partial charge is 0.504 e. The first-order valence-corrected chi connectivity index (χ1v) is 12.5. The number of alkyl halides is 2. The maximum Gasteiger partial charge on any atom is 0.347 e. The van der Waals surface area contributed by atoms with E-state index < -0.39 is 54.7 Å². The number of aromatic nitrogens is 3. The number of rotatable bonds is 3. The molecule has 3 aliphatic rings. The molecule has 5 rings (SSSR count). The van der Waals surface area contributed by atoms with Gasteiger partial charge in [-0.25, -0.2) is 23.5 Å². The smallest absolute Gasteiger partial charge is 0.347 e.